The molecule has 0 saturated carbocycles. The smallest absolute Gasteiger partial charge is 0.243 e. The molecule has 108 valence electrons. The number of methoxy groups -OCH3 is 2. The Morgan fingerprint density at radius 2 is 2.15 bits per heavy atom. The van der Waals surface area contributed by atoms with Gasteiger partial charge in [-0.3, -0.25) is 0 Å². The van der Waals surface area contributed by atoms with E-state index in [2.05, 4.69) is 10.1 Å². The number of nitrogens with zero attached hydrogens (tertiary/aromatic N) is 2. The van der Waals surface area contributed by atoms with Crippen LogP contribution in [0.15, 0.2) is 22.7 Å². The topological polar surface area (TPSA) is 83.4 Å². The first-order chi connectivity index (χ1) is 9.65. The van der Waals surface area contributed by atoms with E-state index in [4.69, 9.17) is 19.7 Å². The van der Waals surface area contributed by atoms with Gasteiger partial charge in [-0.2, -0.15) is 4.98 Å². The number of aromatic nitrogens is 2. The molecule has 20 heavy (non-hydrogen) atoms. The Hall–Kier alpha value is -1.92. The third-order valence-electron chi connectivity index (χ3n) is 3.04. The zero-order valence-electron chi connectivity index (χ0n) is 11.9. The van der Waals surface area contributed by atoms with E-state index >= 15 is 0 Å². The van der Waals surface area contributed by atoms with Gasteiger partial charge in [-0.15, -0.1) is 0 Å². The Balaban J connectivity index is 2.18. The van der Waals surface area contributed by atoms with Crippen LogP contribution in [0.1, 0.15) is 23.9 Å². The van der Waals surface area contributed by atoms with Crippen LogP contribution in [0.2, 0.25) is 0 Å². The van der Waals surface area contributed by atoms with Gasteiger partial charge in [0.05, 0.1) is 13.2 Å². The molecule has 0 bridgehead atoms. The molecule has 0 aliphatic carbocycles. The molecule has 0 radical (unpaired) electrons. The van der Waals surface area contributed by atoms with Crippen molar-refractivity contribution in [3.05, 3.63) is 29.7 Å². The highest BCUT2D eigenvalue weighted by Crippen LogP contribution is 2.25. The Labute approximate surface area is 117 Å². The lowest BCUT2D eigenvalue weighted by atomic mass is 10.1. The van der Waals surface area contributed by atoms with Crippen molar-refractivity contribution in [2.24, 2.45) is 5.73 Å². The molecule has 2 N–H and O–H groups in total. The Morgan fingerprint density at radius 3 is 2.80 bits per heavy atom. The van der Waals surface area contributed by atoms with Crippen LogP contribution >= 0.6 is 0 Å². The van der Waals surface area contributed by atoms with Crippen molar-refractivity contribution in [1.29, 1.82) is 0 Å². The van der Waals surface area contributed by atoms with Crippen LogP contribution in [-0.2, 0) is 4.74 Å². The molecule has 0 aliphatic heterocycles. The molecule has 0 aliphatic rings. The van der Waals surface area contributed by atoms with E-state index < -0.39 is 0 Å². The molecule has 2 rings (SSSR count). The molecule has 6 nitrogen and oxygen atoms in total. The molecule has 0 amide bonds. The first-order valence-corrected chi connectivity index (χ1v) is 6.39. The fourth-order valence-corrected chi connectivity index (χ4v) is 1.89. The number of nitrogens with two attached hydrogens (primary N) is 1. The maximum absolute atomic E-state index is 5.95. The second-order valence-corrected chi connectivity index (χ2v) is 4.53. The molecule has 0 fully saturated rings. The average molecular weight is 277 g/mol. The largest absolute Gasteiger partial charge is 0.496 e. The summed E-state index contributed by atoms with van der Waals surface area (Å²) in [6.45, 7) is 2.52. The number of hydrogen-bond acceptors (Lipinski definition) is 6. The monoisotopic (exact) mass is 277 g/mol. The predicted molar refractivity (Wildman–Crippen MR) is 74.4 cm³/mol. The molecule has 1 atom stereocenters. The highest BCUT2D eigenvalue weighted by Gasteiger charge is 2.16. The van der Waals surface area contributed by atoms with Gasteiger partial charge in [0.1, 0.15) is 5.75 Å². The minimum Gasteiger partial charge on any atom is -0.496 e. The van der Waals surface area contributed by atoms with Crippen LogP contribution in [0.5, 0.6) is 5.75 Å². The minimum absolute atomic E-state index is 0.310. The van der Waals surface area contributed by atoms with E-state index in [9.17, 15) is 0 Å². The predicted octanol–water partition coefficient (Wildman–Crippen LogP) is 2.09. The van der Waals surface area contributed by atoms with Gasteiger partial charge >= 0.3 is 0 Å². The van der Waals surface area contributed by atoms with E-state index in [1.54, 1.807) is 14.2 Å². The summed E-state index contributed by atoms with van der Waals surface area (Å²) in [4.78, 5) is 4.33. The highest BCUT2D eigenvalue weighted by molar-refractivity contribution is 5.58. The highest BCUT2D eigenvalue weighted by atomic mass is 16.5. The van der Waals surface area contributed by atoms with Crippen LogP contribution in [0, 0.1) is 6.92 Å². The van der Waals surface area contributed by atoms with Gasteiger partial charge in [0.25, 0.3) is 0 Å². The molecular weight excluding hydrogens is 258 g/mol. The van der Waals surface area contributed by atoms with Crippen LogP contribution in [0.4, 0.5) is 0 Å². The van der Waals surface area contributed by atoms with Crippen LogP contribution in [-0.4, -0.2) is 31.0 Å². The third kappa shape index (κ3) is 3.15. The maximum Gasteiger partial charge on any atom is 0.243 e. The summed E-state index contributed by atoms with van der Waals surface area (Å²) in [5.41, 5.74) is 7.84. The van der Waals surface area contributed by atoms with Gasteiger partial charge < -0.3 is 19.7 Å². The lowest BCUT2D eigenvalue weighted by molar-refractivity contribution is 0.182. The second-order valence-electron chi connectivity index (χ2n) is 4.53. The average Bonchev–Trinajstić information content (AvgIpc) is 2.94. The van der Waals surface area contributed by atoms with Gasteiger partial charge in [-0.1, -0.05) is 5.16 Å². The molecular formula is C14H19N3O3. The molecule has 1 heterocycles. The standard InChI is InChI=1S/C14H19N3O3/c1-9-8-10(4-5-12(9)19-3)13-16-14(20-17-13)11(15)6-7-18-2/h4-5,8,11H,6-7,15H2,1-3H3. The van der Waals surface area contributed by atoms with Crippen LogP contribution in [0.3, 0.4) is 0 Å². The SMILES string of the molecule is COCCC(N)c1nc(-c2ccc(OC)c(C)c2)no1. The van der Waals surface area contributed by atoms with Gasteiger partial charge in [0.2, 0.25) is 11.7 Å². The van der Waals surface area contributed by atoms with Crippen molar-refractivity contribution in [2.45, 2.75) is 19.4 Å². The molecule has 1 unspecified atom stereocenters. The van der Waals surface area contributed by atoms with E-state index in [-0.39, 0.29) is 6.04 Å². The normalized spacial score (nSPS) is 12.4. The van der Waals surface area contributed by atoms with Crippen molar-refractivity contribution >= 4 is 0 Å². The fraction of sp³-hybridized carbons (Fsp3) is 0.429. The fourth-order valence-electron chi connectivity index (χ4n) is 1.89. The number of benzene rings is 1. The van der Waals surface area contributed by atoms with Crippen molar-refractivity contribution in [2.75, 3.05) is 20.8 Å². The zero-order chi connectivity index (χ0) is 14.5. The van der Waals surface area contributed by atoms with Crippen LogP contribution in [0.25, 0.3) is 11.4 Å². The second kappa shape index (κ2) is 6.49. The van der Waals surface area contributed by atoms with Crippen molar-refractivity contribution in [1.82, 2.24) is 10.1 Å². The van der Waals surface area contributed by atoms with E-state index in [0.717, 1.165) is 16.9 Å². The zero-order valence-corrected chi connectivity index (χ0v) is 11.9. The third-order valence-corrected chi connectivity index (χ3v) is 3.04. The van der Waals surface area contributed by atoms with Gasteiger partial charge in [0.15, 0.2) is 0 Å². The van der Waals surface area contributed by atoms with Gasteiger partial charge in [-0.05, 0) is 37.1 Å². The first kappa shape index (κ1) is 14.5. The number of aryl methyl sites for hydroxylation is 1. The quantitative estimate of drug-likeness (QED) is 0.870. The number of hydrogen-bond donors (Lipinski definition) is 1. The molecule has 6 heteroatoms. The lowest BCUT2D eigenvalue weighted by Crippen LogP contribution is -2.12. The molecule has 1 aromatic carbocycles. The summed E-state index contributed by atoms with van der Waals surface area (Å²) >= 11 is 0. The molecule has 0 saturated heterocycles. The Morgan fingerprint density at radius 1 is 1.35 bits per heavy atom. The molecule has 0 spiro atoms. The summed E-state index contributed by atoms with van der Waals surface area (Å²) in [6, 6.07) is 5.41. The van der Waals surface area contributed by atoms with Crippen molar-refractivity contribution < 1.29 is 14.0 Å². The Bertz CT molecular complexity index is 569. The van der Waals surface area contributed by atoms with Gasteiger partial charge in [-0.25, -0.2) is 0 Å². The summed E-state index contributed by atoms with van der Waals surface area (Å²) in [6.07, 6.45) is 0.639. The molecule has 2 aromatic rings. The van der Waals surface area contributed by atoms with E-state index in [0.29, 0.717) is 24.7 Å². The van der Waals surface area contributed by atoms with E-state index in [1.807, 2.05) is 25.1 Å². The maximum atomic E-state index is 5.95. The first-order valence-electron chi connectivity index (χ1n) is 6.39. The van der Waals surface area contributed by atoms with Crippen molar-refractivity contribution in [3.63, 3.8) is 0 Å². The number of ether oxygens (including phenoxy) is 2. The lowest BCUT2D eigenvalue weighted by Gasteiger charge is -2.05. The summed E-state index contributed by atoms with van der Waals surface area (Å²) in [5, 5.41) is 3.96. The van der Waals surface area contributed by atoms with Crippen LogP contribution < -0.4 is 10.5 Å². The summed E-state index contributed by atoms with van der Waals surface area (Å²) in [5.74, 6) is 1.78. The summed E-state index contributed by atoms with van der Waals surface area (Å²) < 4.78 is 15.4. The minimum atomic E-state index is -0.310. The van der Waals surface area contributed by atoms with E-state index in [1.165, 1.54) is 0 Å². The summed E-state index contributed by atoms with van der Waals surface area (Å²) in [7, 11) is 3.27. The van der Waals surface area contributed by atoms with Gasteiger partial charge in [0, 0.05) is 19.3 Å². The van der Waals surface area contributed by atoms with Crippen molar-refractivity contribution in [3.8, 4) is 17.1 Å². The molecule has 1 aromatic heterocycles. The number of rotatable bonds is 6. The Kier molecular flexibility index (Phi) is 4.70.